The Balaban J connectivity index is 1.77. The van der Waals surface area contributed by atoms with Crippen LogP contribution in [0, 0.1) is 11.8 Å². The molecule has 3 heterocycles. The van der Waals surface area contributed by atoms with Crippen molar-refractivity contribution in [2.45, 2.75) is 32.7 Å². The number of hydrogen-bond acceptors (Lipinski definition) is 4. The van der Waals surface area contributed by atoms with Gasteiger partial charge in [-0.15, -0.1) is 22.7 Å². The van der Waals surface area contributed by atoms with E-state index in [1.807, 2.05) is 0 Å². The number of carbonyl (C=O) groups excluding carboxylic acids is 1. The maximum Gasteiger partial charge on any atom is 0.240 e. The van der Waals surface area contributed by atoms with Gasteiger partial charge in [0, 0.05) is 22.6 Å². The highest BCUT2D eigenvalue weighted by molar-refractivity contribution is 7.11. The van der Waals surface area contributed by atoms with E-state index < -0.39 is 0 Å². The molecule has 2 aromatic heterocycles. The van der Waals surface area contributed by atoms with E-state index in [-0.39, 0.29) is 11.9 Å². The van der Waals surface area contributed by atoms with E-state index in [1.54, 1.807) is 34.6 Å². The molecule has 1 fully saturated rings. The van der Waals surface area contributed by atoms with E-state index in [2.05, 4.69) is 48.0 Å². The summed E-state index contributed by atoms with van der Waals surface area (Å²) in [6.07, 6.45) is 4.39. The molecule has 2 aliphatic rings. The molecule has 3 atom stereocenters. The molecule has 2 aromatic rings. The molecule has 1 saturated carbocycles. The minimum absolute atomic E-state index is 0.0263. The Hall–Kier alpha value is -1.72. The summed E-state index contributed by atoms with van der Waals surface area (Å²) < 4.78 is 0. The van der Waals surface area contributed by atoms with Crippen molar-refractivity contribution in [3.8, 4) is 0 Å². The predicted octanol–water partition coefficient (Wildman–Crippen LogP) is 5.20. The quantitative estimate of drug-likeness (QED) is 0.728. The van der Waals surface area contributed by atoms with Crippen molar-refractivity contribution in [1.29, 1.82) is 0 Å². The van der Waals surface area contributed by atoms with Gasteiger partial charge < -0.3 is 0 Å². The molecule has 0 bridgehead atoms. The zero-order valence-electron chi connectivity index (χ0n) is 13.8. The normalized spacial score (nSPS) is 28.1. The van der Waals surface area contributed by atoms with Gasteiger partial charge in [0.25, 0.3) is 0 Å². The molecular formula is C19H20N2OS2. The second-order valence-electron chi connectivity index (χ2n) is 6.65. The first-order chi connectivity index (χ1) is 11.6. The molecule has 3 unspecified atom stereocenters. The van der Waals surface area contributed by atoms with E-state index in [4.69, 9.17) is 5.10 Å². The second kappa shape index (κ2) is 6.30. The minimum Gasteiger partial charge on any atom is -0.273 e. The Morgan fingerprint density at radius 3 is 2.75 bits per heavy atom. The van der Waals surface area contributed by atoms with Crippen LogP contribution < -0.4 is 0 Å². The highest BCUT2D eigenvalue weighted by atomic mass is 32.1. The van der Waals surface area contributed by atoms with Gasteiger partial charge >= 0.3 is 0 Å². The first kappa shape index (κ1) is 15.8. The van der Waals surface area contributed by atoms with Gasteiger partial charge in [-0.25, -0.2) is 5.01 Å². The van der Waals surface area contributed by atoms with Crippen LogP contribution in [0.5, 0.6) is 0 Å². The van der Waals surface area contributed by atoms with E-state index in [1.165, 1.54) is 15.3 Å². The number of allylic oxidation sites excluding steroid dienone is 1. The summed E-state index contributed by atoms with van der Waals surface area (Å²) in [7, 11) is 0. The SMILES string of the molecule is CC(=O)N1N=C2C(=Cc3cccs3)CC(C)CC2C1c1cccs1. The molecule has 5 heteroatoms. The van der Waals surface area contributed by atoms with Crippen LogP contribution in [-0.2, 0) is 4.79 Å². The zero-order valence-corrected chi connectivity index (χ0v) is 15.4. The van der Waals surface area contributed by atoms with Crippen LogP contribution in [0.25, 0.3) is 6.08 Å². The Kier molecular flexibility index (Phi) is 4.14. The van der Waals surface area contributed by atoms with Crippen molar-refractivity contribution in [1.82, 2.24) is 5.01 Å². The lowest BCUT2D eigenvalue weighted by Gasteiger charge is -2.31. The Morgan fingerprint density at radius 1 is 1.29 bits per heavy atom. The standard InChI is InChI=1S/C19H20N2OS2/c1-12-9-14(11-15-5-3-7-23-15)18-16(10-12)19(17-6-4-8-24-17)21(20-18)13(2)22/h3-8,11-12,16,19H,9-10H2,1-2H3. The predicted molar refractivity (Wildman–Crippen MR) is 101 cm³/mol. The van der Waals surface area contributed by atoms with Crippen LogP contribution in [0.15, 0.2) is 45.7 Å². The minimum atomic E-state index is 0.0263. The summed E-state index contributed by atoms with van der Waals surface area (Å²) in [5.74, 6) is 0.940. The van der Waals surface area contributed by atoms with Crippen molar-refractivity contribution in [3.63, 3.8) is 0 Å². The summed E-state index contributed by atoms with van der Waals surface area (Å²) in [5.41, 5.74) is 2.42. The fourth-order valence-corrected chi connectivity index (χ4v) is 5.39. The summed E-state index contributed by atoms with van der Waals surface area (Å²) in [5, 5.41) is 10.7. The molecule has 124 valence electrons. The van der Waals surface area contributed by atoms with Crippen LogP contribution in [-0.4, -0.2) is 16.6 Å². The summed E-state index contributed by atoms with van der Waals surface area (Å²) in [4.78, 5) is 14.7. The van der Waals surface area contributed by atoms with Crippen LogP contribution >= 0.6 is 22.7 Å². The summed E-state index contributed by atoms with van der Waals surface area (Å²) in [6, 6.07) is 8.47. The molecule has 0 N–H and O–H groups in total. The third kappa shape index (κ3) is 2.76. The first-order valence-corrected chi connectivity index (χ1v) is 10.1. The maximum absolute atomic E-state index is 12.2. The monoisotopic (exact) mass is 356 g/mol. The van der Waals surface area contributed by atoms with Crippen LogP contribution in [0.4, 0.5) is 0 Å². The molecule has 4 rings (SSSR count). The van der Waals surface area contributed by atoms with E-state index in [9.17, 15) is 4.79 Å². The Bertz CT molecular complexity index is 789. The third-order valence-electron chi connectivity index (χ3n) is 4.78. The highest BCUT2D eigenvalue weighted by Gasteiger charge is 2.44. The van der Waals surface area contributed by atoms with E-state index in [0.717, 1.165) is 18.6 Å². The fraction of sp³-hybridized carbons (Fsp3) is 0.368. The largest absolute Gasteiger partial charge is 0.273 e. The number of amides is 1. The topological polar surface area (TPSA) is 32.7 Å². The van der Waals surface area contributed by atoms with E-state index in [0.29, 0.717) is 11.8 Å². The van der Waals surface area contributed by atoms with Gasteiger partial charge in [-0.2, -0.15) is 5.10 Å². The number of thiophene rings is 2. The van der Waals surface area contributed by atoms with Gasteiger partial charge in [0.1, 0.15) is 0 Å². The zero-order chi connectivity index (χ0) is 16.7. The molecule has 24 heavy (non-hydrogen) atoms. The lowest BCUT2D eigenvalue weighted by Crippen LogP contribution is -2.31. The molecule has 1 aliphatic carbocycles. The average molecular weight is 357 g/mol. The summed E-state index contributed by atoms with van der Waals surface area (Å²) >= 11 is 3.47. The fourth-order valence-electron chi connectivity index (χ4n) is 3.83. The molecule has 0 aromatic carbocycles. The first-order valence-electron chi connectivity index (χ1n) is 8.29. The van der Waals surface area contributed by atoms with Gasteiger partial charge in [-0.05, 0) is 53.3 Å². The van der Waals surface area contributed by atoms with Gasteiger partial charge in [0.05, 0.1) is 11.8 Å². The van der Waals surface area contributed by atoms with Crippen molar-refractivity contribution in [2.75, 3.05) is 0 Å². The summed E-state index contributed by atoms with van der Waals surface area (Å²) in [6.45, 7) is 3.93. The second-order valence-corrected chi connectivity index (χ2v) is 8.60. The highest BCUT2D eigenvalue weighted by Crippen LogP contribution is 2.47. The average Bonchev–Trinajstić information content (AvgIpc) is 3.26. The lowest BCUT2D eigenvalue weighted by atomic mass is 9.74. The Labute approximate surface area is 150 Å². The molecule has 0 spiro atoms. The number of fused-ring (bicyclic) bond motifs is 1. The lowest BCUT2D eigenvalue weighted by molar-refractivity contribution is -0.131. The maximum atomic E-state index is 12.2. The van der Waals surface area contributed by atoms with Crippen molar-refractivity contribution < 1.29 is 4.79 Å². The number of carbonyl (C=O) groups is 1. The van der Waals surface area contributed by atoms with Gasteiger partial charge in [0.2, 0.25) is 5.91 Å². The molecule has 3 nitrogen and oxygen atoms in total. The number of rotatable bonds is 2. The number of hydrazone groups is 1. The van der Waals surface area contributed by atoms with Crippen LogP contribution in [0.2, 0.25) is 0 Å². The molecule has 1 aliphatic heterocycles. The van der Waals surface area contributed by atoms with E-state index >= 15 is 0 Å². The van der Waals surface area contributed by atoms with Crippen molar-refractivity contribution in [2.24, 2.45) is 16.9 Å². The number of nitrogens with zero attached hydrogens (tertiary/aromatic N) is 2. The smallest absolute Gasteiger partial charge is 0.240 e. The van der Waals surface area contributed by atoms with Crippen LogP contribution in [0.3, 0.4) is 0 Å². The van der Waals surface area contributed by atoms with Gasteiger partial charge in [-0.1, -0.05) is 19.1 Å². The van der Waals surface area contributed by atoms with Gasteiger partial charge in [0.15, 0.2) is 0 Å². The Morgan fingerprint density at radius 2 is 2.08 bits per heavy atom. The van der Waals surface area contributed by atoms with Crippen LogP contribution in [0.1, 0.15) is 42.5 Å². The molecule has 0 saturated heterocycles. The molecule has 1 amide bonds. The van der Waals surface area contributed by atoms with Crippen molar-refractivity contribution in [3.05, 3.63) is 50.4 Å². The number of hydrogen-bond donors (Lipinski definition) is 0. The molecular weight excluding hydrogens is 336 g/mol. The molecule has 0 radical (unpaired) electrons. The van der Waals surface area contributed by atoms with Gasteiger partial charge in [-0.3, -0.25) is 4.79 Å². The third-order valence-corrected chi connectivity index (χ3v) is 6.54. The van der Waals surface area contributed by atoms with Crippen molar-refractivity contribution >= 4 is 40.4 Å².